The van der Waals surface area contributed by atoms with Gasteiger partial charge >= 0.3 is 0 Å². The first-order chi connectivity index (χ1) is 7.90. The molecule has 1 saturated heterocycles. The van der Waals surface area contributed by atoms with Crippen LogP contribution in [0, 0.1) is 11.8 Å². The van der Waals surface area contributed by atoms with Crippen LogP contribution in [0.2, 0.25) is 0 Å². The summed E-state index contributed by atoms with van der Waals surface area (Å²) in [4.78, 5) is 0. The van der Waals surface area contributed by atoms with Crippen LogP contribution in [0.4, 0.5) is 0 Å². The van der Waals surface area contributed by atoms with E-state index in [4.69, 9.17) is 4.74 Å². The van der Waals surface area contributed by atoms with Crippen molar-refractivity contribution in [2.45, 2.75) is 57.2 Å². The Kier molecular flexibility index (Phi) is 2.89. The van der Waals surface area contributed by atoms with Gasteiger partial charge in [-0.1, -0.05) is 30.6 Å². The summed E-state index contributed by atoms with van der Waals surface area (Å²) in [6.07, 6.45) is 14.7. The molecule has 4 atom stereocenters. The second kappa shape index (κ2) is 4.37. The minimum atomic E-state index is 0.297. The molecule has 3 rings (SSSR count). The van der Waals surface area contributed by atoms with Crippen LogP contribution < -0.4 is 0 Å². The van der Waals surface area contributed by atoms with Crippen molar-refractivity contribution in [1.82, 2.24) is 0 Å². The van der Waals surface area contributed by atoms with E-state index in [1.807, 2.05) is 6.08 Å². The lowest BCUT2D eigenvalue weighted by molar-refractivity contribution is -0.0824. The summed E-state index contributed by atoms with van der Waals surface area (Å²) in [7, 11) is 0. The molecule has 88 valence electrons. The van der Waals surface area contributed by atoms with Crippen LogP contribution in [0.3, 0.4) is 0 Å². The Morgan fingerprint density at radius 2 is 1.94 bits per heavy atom. The van der Waals surface area contributed by atoms with Crippen molar-refractivity contribution in [3.05, 3.63) is 24.3 Å². The third-order valence-corrected chi connectivity index (χ3v) is 4.62. The van der Waals surface area contributed by atoms with Crippen molar-refractivity contribution in [2.24, 2.45) is 11.8 Å². The van der Waals surface area contributed by atoms with Gasteiger partial charge in [-0.2, -0.15) is 0 Å². The van der Waals surface area contributed by atoms with E-state index >= 15 is 0 Å². The largest absolute Gasteiger partial charge is 0.370 e. The van der Waals surface area contributed by atoms with Crippen molar-refractivity contribution in [1.29, 1.82) is 0 Å². The molecular formula is C15H22O. The van der Waals surface area contributed by atoms with E-state index < -0.39 is 0 Å². The average Bonchev–Trinajstić information content (AvgIpc) is 2.38. The highest BCUT2D eigenvalue weighted by atomic mass is 16.5. The van der Waals surface area contributed by atoms with Gasteiger partial charge in [0.05, 0.1) is 12.2 Å². The highest BCUT2D eigenvalue weighted by Crippen LogP contribution is 2.46. The van der Waals surface area contributed by atoms with Crippen LogP contribution in [0.15, 0.2) is 24.3 Å². The van der Waals surface area contributed by atoms with Crippen LogP contribution in [-0.2, 0) is 4.74 Å². The predicted octanol–water partition coefficient (Wildman–Crippen LogP) is 3.86. The highest BCUT2D eigenvalue weighted by Gasteiger charge is 2.41. The summed E-state index contributed by atoms with van der Waals surface area (Å²) < 4.78 is 6.25. The summed E-state index contributed by atoms with van der Waals surface area (Å²) in [6, 6.07) is 0. The van der Waals surface area contributed by atoms with Crippen molar-refractivity contribution in [3.8, 4) is 0 Å². The van der Waals surface area contributed by atoms with Gasteiger partial charge in [0, 0.05) is 11.8 Å². The van der Waals surface area contributed by atoms with E-state index in [-0.39, 0.29) is 0 Å². The lowest BCUT2D eigenvalue weighted by Crippen LogP contribution is -2.44. The Morgan fingerprint density at radius 3 is 2.81 bits per heavy atom. The standard InChI is InChI=1S/C15H22O/c1-2-14-12-8-4-3-7-11(12)13-9-5-6-10-15(13)16-14/h2,7,12-15H,1,3-6,8-10H2/t12-,13-,14+,15-/m1/s1. The highest BCUT2D eigenvalue weighted by molar-refractivity contribution is 5.22. The van der Waals surface area contributed by atoms with E-state index in [1.165, 1.54) is 44.9 Å². The molecule has 1 heterocycles. The molecule has 0 amide bonds. The van der Waals surface area contributed by atoms with Crippen LogP contribution in [0.5, 0.6) is 0 Å². The van der Waals surface area contributed by atoms with E-state index in [0.717, 1.165) is 5.92 Å². The quantitative estimate of drug-likeness (QED) is 0.607. The SMILES string of the molecule is C=C[C@@H]1O[C@@H]2CCCC[C@@H]2C2=CCCC[C@H]21. The van der Waals surface area contributed by atoms with Gasteiger partial charge in [0.25, 0.3) is 0 Å². The monoisotopic (exact) mass is 218 g/mol. The van der Waals surface area contributed by atoms with Crippen molar-refractivity contribution in [3.63, 3.8) is 0 Å². The molecule has 2 fully saturated rings. The summed E-state index contributed by atoms with van der Waals surface area (Å²) in [6.45, 7) is 3.96. The normalized spacial score (nSPS) is 42.9. The maximum Gasteiger partial charge on any atom is 0.0822 e. The van der Waals surface area contributed by atoms with Crippen LogP contribution in [-0.4, -0.2) is 12.2 Å². The first-order valence-corrected chi connectivity index (χ1v) is 6.88. The van der Waals surface area contributed by atoms with Crippen molar-refractivity contribution < 1.29 is 4.74 Å². The third-order valence-electron chi connectivity index (χ3n) is 4.62. The number of ether oxygens (including phenoxy) is 1. The molecule has 2 aliphatic carbocycles. The fraction of sp³-hybridized carbons (Fsp3) is 0.733. The molecule has 0 radical (unpaired) electrons. The zero-order valence-electron chi connectivity index (χ0n) is 10.0. The molecule has 0 unspecified atom stereocenters. The Morgan fingerprint density at radius 1 is 1.12 bits per heavy atom. The molecule has 1 saturated carbocycles. The number of hydrogen-bond donors (Lipinski definition) is 0. The molecule has 3 aliphatic rings. The number of rotatable bonds is 1. The topological polar surface area (TPSA) is 9.23 Å². The van der Waals surface area contributed by atoms with Gasteiger partial charge in [-0.15, -0.1) is 6.58 Å². The molecule has 0 bridgehead atoms. The molecule has 16 heavy (non-hydrogen) atoms. The maximum atomic E-state index is 6.25. The van der Waals surface area contributed by atoms with Gasteiger partial charge in [0.15, 0.2) is 0 Å². The lowest BCUT2D eigenvalue weighted by Gasteiger charge is -2.46. The Hall–Kier alpha value is -0.560. The van der Waals surface area contributed by atoms with Crippen molar-refractivity contribution in [2.75, 3.05) is 0 Å². The van der Waals surface area contributed by atoms with Gasteiger partial charge in [0.2, 0.25) is 0 Å². The second-order valence-electron chi connectivity index (χ2n) is 5.51. The molecule has 0 N–H and O–H groups in total. The van der Waals surface area contributed by atoms with Crippen LogP contribution >= 0.6 is 0 Å². The van der Waals surface area contributed by atoms with E-state index in [1.54, 1.807) is 5.57 Å². The fourth-order valence-corrected chi connectivity index (χ4v) is 3.86. The third kappa shape index (κ3) is 1.66. The Bertz CT molecular complexity index is 305. The first kappa shape index (κ1) is 10.6. The first-order valence-electron chi connectivity index (χ1n) is 6.88. The van der Waals surface area contributed by atoms with Gasteiger partial charge < -0.3 is 4.74 Å². The van der Waals surface area contributed by atoms with Gasteiger partial charge in [-0.05, 0) is 32.1 Å². The Labute approximate surface area is 98.6 Å². The van der Waals surface area contributed by atoms with Gasteiger partial charge in [0.1, 0.15) is 0 Å². The average molecular weight is 218 g/mol. The summed E-state index contributed by atoms with van der Waals surface area (Å²) >= 11 is 0. The number of allylic oxidation sites excluding steroid dienone is 1. The van der Waals surface area contributed by atoms with Gasteiger partial charge in [-0.25, -0.2) is 0 Å². The van der Waals surface area contributed by atoms with Gasteiger partial charge in [-0.3, -0.25) is 0 Å². The zero-order valence-corrected chi connectivity index (χ0v) is 10.0. The molecule has 1 aliphatic heterocycles. The summed E-state index contributed by atoms with van der Waals surface area (Å²) in [5, 5.41) is 0. The molecule has 0 aromatic rings. The molecule has 1 nitrogen and oxygen atoms in total. The Balaban J connectivity index is 1.89. The van der Waals surface area contributed by atoms with Crippen molar-refractivity contribution >= 4 is 0 Å². The number of hydrogen-bond acceptors (Lipinski definition) is 1. The second-order valence-corrected chi connectivity index (χ2v) is 5.51. The van der Waals surface area contributed by atoms with Crippen LogP contribution in [0.25, 0.3) is 0 Å². The van der Waals surface area contributed by atoms with E-state index in [2.05, 4.69) is 12.7 Å². The molecule has 0 spiro atoms. The minimum absolute atomic E-state index is 0.297. The maximum absolute atomic E-state index is 6.25. The fourth-order valence-electron chi connectivity index (χ4n) is 3.86. The number of fused-ring (bicyclic) bond motifs is 3. The van der Waals surface area contributed by atoms with E-state index in [9.17, 15) is 0 Å². The molecule has 1 heteroatoms. The zero-order chi connectivity index (χ0) is 11.0. The molecule has 0 aromatic heterocycles. The van der Waals surface area contributed by atoms with Crippen LogP contribution in [0.1, 0.15) is 44.9 Å². The minimum Gasteiger partial charge on any atom is -0.370 e. The smallest absolute Gasteiger partial charge is 0.0822 e. The predicted molar refractivity (Wildman–Crippen MR) is 66.2 cm³/mol. The molecule has 0 aromatic carbocycles. The lowest BCUT2D eigenvalue weighted by atomic mass is 9.69. The summed E-state index contributed by atoms with van der Waals surface area (Å²) in [5.74, 6) is 1.40. The van der Waals surface area contributed by atoms with E-state index in [0.29, 0.717) is 18.1 Å². The molecular weight excluding hydrogens is 196 g/mol. The summed E-state index contributed by atoms with van der Waals surface area (Å²) in [5.41, 5.74) is 1.73.